The first-order chi connectivity index (χ1) is 8.09. The number of amides is 1. The Bertz CT molecular complexity index is 435. The molecule has 1 fully saturated rings. The van der Waals surface area contributed by atoms with E-state index in [9.17, 15) is 9.18 Å². The molecule has 0 spiro atoms. The smallest absolute Gasteiger partial charge is 0.256 e. The van der Waals surface area contributed by atoms with Crippen LogP contribution in [0.5, 0.6) is 0 Å². The minimum atomic E-state index is -0.386. The first kappa shape index (κ1) is 12.4. The van der Waals surface area contributed by atoms with Crippen LogP contribution in [0.2, 0.25) is 0 Å². The topological polar surface area (TPSA) is 20.3 Å². The summed E-state index contributed by atoms with van der Waals surface area (Å²) in [6.07, 6.45) is 0. The second-order valence-corrected chi connectivity index (χ2v) is 5.92. The quantitative estimate of drug-likeness (QED) is 0.767. The fourth-order valence-electron chi connectivity index (χ4n) is 1.99. The molecular weight excluding hydrogens is 237 g/mol. The second-order valence-electron chi connectivity index (χ2n) is 4.37. The number of halogens is 1. The highest BCUT2D eigenvalue weighted by atomic mass is 32.2. The van der Waals surface area contributed by atoms with Crippen molar-refractivity contribution in [3.8, 4) is 0 Å². The molecular formula is C13H16FNOS. The molecule has 17 heavy (non-hydrogen) atoms. The zero-order valence-electron chi connectivity index (χ0n) is 10.1. The lowest BCUT2D eigenvalue weighted by atomic mass is 10.1. The van der Waals surface area contributed by atoms with E-state index in [1.54, 1.807) is 30.0 Å². The van der Waals surface area contributed by atoms with Crippen LogP contribution in [0.15, 0.2) is 18.2 Å². The van der Waals surface area contributed by atoms with Crippen molar-refractivity contribution in [2.75, 3.05) is 18.8 Å². The highest BCUT2D eigenvalue weighted by Crippen LogP contribution is 2.21. The summed E-state index contributed by atoms with van der Waals surface area (Å²) in [4.78, 5) is 13.9. The van der Waals surface area contributed by atoms with Crippen LogP contribution in [0.25, 0.3) is 0 Å². The van der Waals surface area contributed by atoms with Crippen molar-refractivity contribution in [3.63, 3.8) is 0 Å². The van der Waals surface area contributed by atoms with Crippen molar-refractivity contribution in [2.45, 2.75) is 19.1 Å². The van der Waals surface area contributed by atoms with E-state index in [1.165, 1.54) is 0 Å². The van der Waals surface area contributed by atoms with E-state index in [4.69, 9.17) is 0 Å². The van der Waals surface area contributed by atoms with Crippen molar-refractivity contribution in [2.24, 2.45) is 0 Å². The molecule has 1 aromatic carbocycles. The molecule has 4 heteroatoms. The average molecular weight is 253 g/mol. The Kier molecular flexibility index (Phi) is 3.72. The van der Waals surface area contributed by atoms with Gasteiger partial charge in [0.2, 0.25) is 0 Å². The Labute approximate surface area is 105 Å². The molecule has 0 aliphatic carbocycles. The summed E-state index contributed by atoms with van der Waals surface area (Å²) in [5, 5.41) is 0.431. The maximum atomic E-state index is 13.9. The van der Waals surface area contributed by atoms with Gasteiger partial charge in [-0.15, -0.1) is 0 Å². The molecule has 1 atom stereocenters. The van der Waals surface area contributed by atoms with E-state index >= 15 is 0 Å². The Hall–Kier alpha value is -1.03. The SMILES string of the molecule is Cc1cccc(C(=O)N2CCSC(C)C2)c1F. The number of aryl methyl sites for hydroxylation is 1. The first-order valence-electron chi connectivity index (χ1n) is 5.75. The van der Waals surface area contributed by atoms with E-state index in [0.717, 1.165) is 5.75 Å². The summed E-state index contributed by atoms with van der Waals surface area (Å²) in [6.45, 7) is 5.19. The van der Waals surface area contributed by atoms with E-state index in [0.29, 0.717) is 23.9 Å². The minimum Gasteiger partial charge on any atom is -0.337 e. The molecule has 2 rings (SSSR count). The Morgan fingerprint density at radius 1 is 1.53 bits per heavy atom. The number of rotatable bonds is 1. The number of hydrogen-bond acceptors (Lipinski definition) is 2. The van der Waals surface area contributed by atoms with Crippen molar-refractivity contribution in [1.82, 2.24) is 4.90 Å². The largest absolute Gasteiger partial charge is 0.337 e. The van der Waals surface area contributed by atoms with Crippen LogP contribution in [-0.2, 0) is 0 Å². The maximum Gasteiger partial charge on any atom is 0.256 e. The lowest BCUT2D eigenvalue weighted by molar-refractivity contribution is 0.0758. The van der Waals surface area contributed by atoms with Gasteiger partial charge in [-0.25, -0.2) is 4.39 Å². The summed E-state index contributed by atoms with van der Waals surface area (Å²) in [7, 11) is 0. The molecule has 1 aliphatic heterocycles. The van der Waals surface area contributed by atoms with Crippen LogP contribution in [0.1, 0.15) is 22.8 Å². The van der Waals surface area contributed by atoms with Crippen LogP contribution in [-0.4, -0.2) is 34.9 Å². The molecule has 1 amide bonds. The van der Waals surface area contributed by atoms with Crippen LogP contribution in [0.4, 0.5) is 4.39 Å². The minimum absolute atomic E-state index is 0.182. The fraction of sp³-hybridized carbons (Fsp3) is 0.462. The third kappa shape index (κ3) is 2.63. The third-order valence-corrected chi connectivity index (χ3v) is 4.09. The van der Waals surface area contributed by atoms with Crippen LogP contribution >= 0.6 is 11.8 Å². The van der Waals surface area contributed by atoms with Gasteiger partial charge >= 0.3 is 0 Å². The molecule has 1 saturated heterocycles. The maximum absolute atomic E-state index is 13.9. The van der Waals surface area contributed by atoms with Crippen LogP contribution < -0.4 is 0 Å². The van der Waals surface area contributed by atoms with Gasteiger partial charge in [0.05, 0.1) is 5.56 Å². The van der Waals surface area contributed by atoms with Gasteiger partial charge in [0, 0.05) is 24.1 Å². The number of carbonyl (C=O) groups is 1. The summed E-state index contributed by atoms with van der Waals surface area (Å²) in [6, 6.07) is 4.98. The van der Waals surface area contributed by atoms with E-state index < -0.39 is 0 Å². The average Bonchev–Trinajstić information content (AvgIpc) is 2.32. The Balaban J connectivity index is 2.22. The highest BCUT2D eigenvalue weighted by molar-refractivity contribution is 7.99. The van der Waals surface area contributed by atoms with Gasteiger partial charge < -0.3 is 4.90 Å². The Morgan fingerprint density at radius 2 is 2.29 bits per heavy atom. The second kappa shape index (κ2) is 5.08. The van der Waals surface area contributed by atoms with Gasteiger partial charge in [0.25, 0.3) is 5.91 Å². The lowest BCUT2D eigenvalue weighted by Gasteiger charge is -2.30. The monoisotopic (exact) mass is 253 g/mol. The summed E-state index contributed by atoms with van der Waals surface area (Å²) in [5.74, 6) is 0.363. The standard InChI is InChI=1S/C13H16FNOS/c1-9-4-3-5-11(12(9)14)13(16)15-6-7-17-10(2)8-15/h3-5,10H,6-8H2,1-2H3. The number of benzene rings is 1. The van der Waals surface area contributed by atoms with E-state index in [2.05, 4.69) is 6.92 Å². The summed E-state index contributed by atoms with van der Waals surface area (Å²) >= 11 is 1.85. The zero-order valence-corrected chi connectivity index (χ0v) is 10.9. The van der Waals surface area contributed by atoms with Crippen LogP contribution in [0.3, 0.4) is 0 Å². The molecule has 1 aromatic rings. The van der Waals surface area contributed by atoms with Gasteiger partial charge in [-0.1, -0.05) is 19.1 Å². The Morgan fingerprint density at radius 3 is 3.00 bits per heavy atom. The van der Waals surface area contributed by atoms with Gasteiger partial charge in [-0.2, -0.15) is 11.8 Å². The normalized spacial score (nSPS) is 20.4. The van der Waals surface area contributed by atoms with Crippen molar-refractivity contribution >= 4 is 17.7 Å². The van der Waals surface area contributed by atoms with E-state index in [-0.39, 0.29) is 17.3 Å². The van der Waals surface area contributed by atoms with Crippen LogP contribution in [0, 0.1) is 12.7 Å². The van der Waals surface area contributed by atoms with Gasteiger partial charge in [0.1, 0.15) is 5.82 Å². The molecule has 0 aromatic heterocycles. The zero-order chi connectivity index (χ0) is 12.4. The van der Waals surface area contributed by atoms with Crippen molar-refractivity contribution < 1.29 is 9.18 Å². The number of thioether (sulfide) groups is 1. The molecule has 92 valence electrons. The number of carbonyl (C=O) groups excluding carboxylic acids is 1. The van der Waals surface area contributed by atoms with Crippen molar-refractivity contribution in [3.05, 3.63) is 35.1 Å². The fourth-order valence-corrected chi connectivity index (χ4v) is 3.00. The van der Waals surface area contributed by atoms with Crippen molar-refractivity contribution in [1.29, 1.82) is 0 Å². The number of nitrogens with zero attached hydrogens (tertiary/aromatic N) is 1. The molecule has 1 unspecified atom stereocenters. The first-order valence-corrected chi connectivity index (χ1v) is 6.80. The summed E-state index contributed by atoms with van der Waals surface area (Å²) < 4.78 is 13.9. The number of hydrogen-bond donors (Lipinski definition) is 0. The third-order valence-electron chi connectivity index (χ3n) is 2.95. The van der Waals surface area contributed by atoms with Gasteiger partial charge in [-0.05, 0) is 18.6 Å². The molecule has 0 N–H and O–H groups in total. The van der Waals surface area contributed by atoms with Gasteiger partial charge in [-0.3, -0.25) is 4.79 Å². The summed E-state index contributed by atoms with van der Waals surface area (Å²) in [5.41, 5.74) is 0.722. The molecule has 0 saturated carbocycles. The van der Waals surface area contributed by atoms with Gasteiger partial charge in [0.15, 0.2) is 0 Å². The molecule has 1 aliphatic rings. The molecule has 1 heterocycles. The molecule has 2 nitrogen and oxygen atoms in total. The predicted molar refractivity (Wildman–Crippen MR) is 69.0 cm³/mol. The molecule has 0 radical (unpaired) electrons. The highest BCUT2D eigenvalue weighted by Gasteiger charge is 2.24. The van der Waals surface area contributed by atoms with E-state index in [1.807, 2.05) is 11.8 Å². The predicted octanol–water partition coefficient (Wildman–Crippen LogP) is 2.71. The lowest BCUT2D eigenvalue weighted by Crippen LogP contribution is -2.41. The molecule has 0 bridgehead atoms.